The summed E-state index contributed by atoms with van der Waals surface area (Å²) in [6.45, 7) is 1.81. The highest BCUT2D eigenvalue weighted by atomic mass is 79.9. The maximum Gasteiger partial charge on any atom is 0.343 e. The highest BCUT2D eigenvalue weighted by molar-refractivity contribution is 9.10. The number of ether oxygens (including phenoxy) is 1. The molecule has 9 nitrogen and oxygen atoms in total. The van der Waals surface area contributed by atoms with E-state index >= 15 is 0 Å². The van der Waals surface area contributed by atoms with Crippen LogP contribution >= 0.6 is 27.3 Å². The lowest BCUT2D eigenvalue weighted by atomic mass is 10.1. The Hall–Kier alpha value is -4.22. The van der Waals surface area contributed by atoms with Crippen molar-refractivity contribution in [2.75, 3.05) is 5.32 Å². The van der Waals surface area contributed by atoms with Crippen LogP contribution in [-0.4, -0.2) is 34.2 Å². The molecular formula is C25H18BrN5O4S. The van der Waals surface area contributed by atoms with Gasteiger partial charge in [0.2, 0.25) is 5.13 Å². The number of hydrazone groups is 1. The number of halogens is 1. The number of esters is 1. The lowest BCUT2D eigenvalue weighted by Gasteiger charge is -2.09. The van der Waals surface area contributed by atoms with Crippen molar-refractivity contribution in [1.82, 2.24) is 15.6 Å². The minimum atomic E-state index is -1.00. The SMILES string of the molecule is Cc1ccccc1C(=O)Oc1ccc(Br)cc1/C=N\NC(=O)C(=O)Nc1nnc(-c2ccccc2)s1. The van der Waals surface area contributed by atoms with Gasteiger partial charge in [0.25, 0.3) is 0 Å². The molecule has 0 fully saturated rings. The Balaban J connectivity index is 1.39. The van der Waals surface area contributed by atoms with E-state index in [0.717, 1.165) is 22.5 Å². The minimum Gasteiger partial charge on any atom is -0.422 e. The Labute approximate surface area is 218 Å². The molecule has 36 heavy (non-hydrogen) atoms. The van der Waals surface area contributed by atoms with Crippen LogP contribution in [-0.2, 0) is 9.59 Å². The zero-order valence-corrected chi connectivity index (χ0v) is 21.2. The molecule has 2 N–H and O–H groups in total. The van der Waals surface area contributed by atoms with Gasteiger partial charge in [0.1, 0.15) is 10.8 Å². The maximum atomic E-state index is 12.6. The van der Waals surface area contributed by atoms with E-state index in [1.165, 1.54) is 6.21 Å². The molecule has 11 heteroatoms. The number of benzene rings is 3. The fraction of sp³-hybridized carbons (Fsp3) is 0.0400. The molecule has 0 saturated heterocycles. The van der Waals surface area contributed by atoms with Gasteiger partial charge in [0.15, 0.2) is 0 Å². The van der Waals surface area contributed by atoms with E-state index in [0.29, 0.717) is 20.6 Å². The molecule has 0 bridgehead atoms. The molecule has 0 aliphatic heterocycles. The third-order valence-corrected chi connectivity index (χ3v) is 6.16. The van der Waals surface area contributed by atoms with E-state index in [9.17, 15) is 14.4 Å². The van der Waals surface area contributed by atoms with Crippen LogP contribution in [0.25, 0.3) is 10.6 Å². The van der Waals surface area contributed by atoms with Crippen LogP contribution in [0.15, 0.2) is 82.4 Å². The molecule has 2 amide bonds. The van der Waals surface area contributed by atoms with E-state index in [1.807, 2.05) is 49.4 Å². The predicted octanol–water partition coefficient (Wildman–Crippen LogP) is 4.58. The first kappa shape index (κ1) is 24.9. The summed E-state index contributed by atoms with van der Waals surface area (Å²) < 4.78 is 6.24. The lowest BCUT2D eigenvalue weighted by molar-refractivity contribution is -0.136. The van der Waals surface area contributed by atoms with Gasteiger partial charge in [-0.05, 0) is 36.8 Å². The molecule has 4 aromatic rings. The van der Waals surface area contributed by atoms with E-state index in [-0.39, 0.29) is 10.9 Å². The Morgan fingerprint density at radius 1 is 0.972 bits per heavy atom. The maximum absolute atomic E-state index is 12.6. The molecule has 0 spiro atoms. The van der Waals surface area contributed by atoms with Crippen molar-refractivity contribution in [3.05, 3.63) is 94.0 Å². The number of aromatic nitrogens is 2. The molecular weight excluding hydrogens is 546 g/mol. The second-order valence-electron chi connectivity index (χ2n) is 7.32. The first-order valence-corrected chi connectivity index (χ1v) is 12.1. The third-order valence-electron chi connectivity index (χ3n) is 4.78. The molecule has 0 saturated carbocycles. The second kappa shape index (κ2) is 11.5. The normalized spacial score (nSPS) is 10.7. The third kappa shape index (κ3) is 6.26. The molecule has 0 aliphatic carbocycles. The van der Waals surface area contributed by atoms with Gasteiger partial charge < -0.3 is 4.74 Å². The number of carbonyl (C=O) groups is 3. The summed E-state index contributed by atoms with van der Waals surface area (Å²) in [5.41, 5.74) is 4.61. The van der Waals surface area contributed by atoms with Crippen LogP contribution in [0.2, 0.25) is 0 Å². The van der Waals surface area contributed by atoms with E-state index in [4.69, 9.17) is 4.74 Å². The van der Waals surface area contributed by atoms with Gasteiger partial charge in [-0.25, -0.2) is 10.2 Å². The Kier molecular flexibility index (Phi) is 7.93. The molecule has 0 unspecified atom stereocenters. The number of hydrogen-bond acceptors (Lipinski definition) is 8. The summed E-state index contributed by atoms with van der Waals surface area (Å²) in [7, 11) is 0. The van der Waals surface area contributed by atoms with Crippen molar-refractivity contribution in [3.63, 3.8) is 0 Å². The molecule has 180 valence electrons. The number of carbonyl (C=O) groups excluding carboxylic acids is 3. The monoisotopic (exact) mass is 563 g/mol. The van der Waals surface area contributed by atoms with Gasteiger partial charge in [0.05, 0.1) is 11.8 Å². The van der Waals surface area contributed by atoms with Gasteiger partial charge in [-0.15, -0.1) is 10.2 Å². The van der Waals surface area contributed by atoms with Crippen LogP contribution in [0, 0.1) is 6.92 Å². The number of amides is 2. The van der Waals surface area contributed by atoms with E-state index in [1.54, 1.807) is 30.3 Å². The van der Waals surface area contributed by atoms with Gasteiger partial charge in [0, 0.05) is 15.6 Å². The van der Waals surface area contributed by atoms with Gasteiger partial charge in [-0.1, -0.05) is 75.8 Å². The average Bonchev–Trinajstić information content (AvgIpc) is 3.34. The number of anilines is 1. The van der Waals surface area contributed by atoms with Crippen molar-refractivity contribution < 1.29 is 19.1 Å². The van der Waals surface area contributed by atoms with Crippen molar-refractivity contribution in [3.8, 4) is 16.3 Å². The zero-order chi connectivity index (χ0) is 25.5. The Bertz CT molecular complexity index is 1460. The summed E-state index contributed by atoms with van der Waals surface area (Å²) >= 11 is 4.49. The Morgan fingerprint density at radius 2 is 1.72 bits per heavy atom. The highest BCUT2D eigenvalue weighted by Gasteiger charge is 2.17. The van der Waals surface area contributed by atoms with Crippen molar-refractivity contribution in [2.24, 2.45) is 5.10 Å². The summed E-state index contributed by atoms with van der Waals surface area (Å²) in [6, 6.07) is 21.3. The van der Waals surface area contributed by atoms with Gasteiger partial charge in [-0.3, -0.25) is 14.9 Å². The zero-order valence-electron chi connectivity index (χ0n) is 18.8. The Morgan fingerprint density at radius 3 is 2.50 bits per heavy atom. The van der Waals surface area contributed by atoms with Gasteiger partial charge >= 0.3 is 17.8 Å². The van der Waals surface area contributed by atoms with Crippen molar-refractivity contribution in [2.45, 2.75) is 6.92 Å². The fourth-order valence-electron chi connectivity index (χ4n) is 3.01. The summed E-state index contributed by atoms with van der Waals surface area (Å²) in [6.07, 6.45) is 1.27. The molecule has 0 aliphatic rings. The summed E-state index contributed by atoms with van der Waals surface area (Å²) in [4.78, 5) is 37.0. The lowest BCUT2D eigenvalue weighted by Crippen LogP contribution is -2.32. The first-order chi connectivity index (χ1) is 17.4. The number of nitrogens with zero attached hydrogens (tertiary/aromatic N) is 3. The van der Waals surface area contributed by atoms with Crippen molar-refractivity contribution >= 4 is 56.4 Å². The standard InChI is InChI=1S/C25H18BrN5O4S/c1-15-7-5-6-10-19(15)24(34)35-20-12-11-18(26)13-17(20)14-27-29-22(33)21(32)28-25-31-30-23(36-25)16-8-3-2-4-9-16/h2-14H,1H3,(H,29,33)(H,28,31,32)/b27-14-. The summed E-state index contributed by atoms with van der Waals surface area (Å²) in [5.74, 6) is -2.25. The van der Waals surface area contributed by atoms with Crippen LogP contribution in [0.3, 0.4) is 0 Å². The second-order valence-corrected chi connectivity index (χ2v) is 9.21. The van der Waals surface area contributed by atoms with E-state index in [2.05, 4.69) is 42.0 Å². The minimum absolute atomic E-state index is 0.176. The van der Waals surface area contributed by atoms with Crippen LogP contribution < -0.4 is 15.5 Å². The molecule has 1 aromatic heterocycles. The van der Waals surface area contributed by atoms with Crippen LogP contribution in [0.1, 0.15) is 21.5 Å². The molecule has 0 atom stereocenters. The largest absolute Gasteiger partial charge is 0.422 e. The molecule has 1 heterocycles. The molecule has 0 radical (unpaired) electrons. The first-order valence-electron chi connectivity index (χ1n) is 10.5. The van der Waals surface area contributed by atoms with Crippen molar-refractivity contribution in [1.29, 1.82) is 0 Å². The topological polar surface area (TPSA) is 123 Å². The van der Waals surface area contributed by atoms with Crippen LogP contribution in [0.5, 0.6) is 5.75 Å². The number of aryl methyl sites for hydroxylation is 1. The quantitative estimate of drug-likeness (QED) is 0.116. The summed E-state index contributed by atoms with van der Waals surface area (Å²) in [5, 5.41) is 14.9. The number of nitrogens with one attached hydrogen (secondary N) is 2. The smallest absolute Gasteiger partial charge is 0.343 e. The predicted molar refractivity (Wildman–Crippen MR) is 140 cm³/mol. The fourth-order valence-corrected chi connectivity index (χ4v) is 4.13. The average molecular weight is 564 g/mol. The van der Waals surface area contributed by atoms with Crippen LogP contribution in [0.4, 0.5) is 5.13 Å². The number of hydrogen-bond donors (Lipinski definition) is 2. The molecule has 4 rings (SSSR count). The number of rotatable bonds is 6. The highest BCUT2D eigenvalue weighted by Crippen LogP contribution is 2.26. The van der Waals surface area contributed by atoms with Gasteiger partial charge in [-0.2, -0.15) is 5.10 Å². The van der Waals surface area contributed by atoms with E-state index < -0.39 is 17.8 Å². The molecule has 3 aromatic carbocycles.